The first-order valence-electron chi connectivity index (χ1n) is 22.8. The first-order chi connectivity index (χ1) is 30.3. The van der Waals surface area contributed by atoms with E-state index < -0.39 is 5.41 Å². The van der Waals surface area contributed by atoms with Crippen LogP contribution in [0.5, 0.6) is 0 Å². The molecular formula is C60H51N. The van der Waals surface area contributed by atoms with Crippen LogP contribution in [0.25, 0.3) is 33.4 Å². The summed E-state index contributed by atoms with van der Waals surface area (Å²) in [5, 5.41) is 0. The van der Waals surface area contributed by atoms with Crippen LogP contribution in [-0.4, -0.2) is 0 Å². The summed E-state index contributed by atoms with van der Waals surface area (Å²) in [4.78, 5) is 2.60. The maximum Gasteiger partial charge on any atom is 0.0714 e. The van der Waals surface area contributed by atoms with E-state index in [4.69, 9.17) is 0 Å². The van der Waals surface area contributed by atoms with E-state index in [-0.39, 0.29) is 0 Å². The maximum absolute atomic E-state index is 2.60. The Kier molecular flexibility index (Phi) is 8.91. The van der Waals surface area contributed by atoms with Crippen molar-refractivity contribution < 1.29 is 0 Å². The monoisotopic (exact) mass is 785 g/mol. The van der Waals surface area contributed by atoms with Crippen molar-refractivity contribution >= 4 is 17.1 Å². The van der Waals surface area contributed by atoms with Crippen molar-refractivity contribution in [2.45, 2.75) is 62.7 Å². The Balaban J connectivity index is 1.10. The van der Waals surface area contributed by atoms with Gasteiger partial charge in [0.1, 0.15) is 0 Å². The van der Waals surface area contributed by atoms with Gasteiger partial charge in [-0.2, -0.15) is 0 Å². The Morgan fingerprint density at radius 1 is 0.459 bits per heavy atom. The van der Waals surface area contributed by atoms with Gasteiger partial charge in [0.05, 0.1) is 5.41 Å². The van der Waals surface area contributed by atoms with E-state index in [1.165, 1.54) is 135 Å². The highest BCUT2D eigenvalue weighted by Crippen LogP contribution is 2.60. The zero-order chi connectivity index (χ0) is 40.3. The molecule has 0 radical (unpaired) electrons. The standard InChI is InChI=1S/C60H51N/c1-4-16-43(17-5-1)52-27-15-28-56-59(52)54-37-36-49(40-57(54)60(56,46-20-6-2-7-21-46)47-22-8-3-9-23-47)61(58-29-13-12-25-53(58)55-39-41-30-31-45(55)38-41)48-34-32-44(33-35-48)51-26-14-19-42-18-10-11-24-50(42)51/h1-9,12-17,19-23,25-29,32-37,40-41,45,55H,10-11,18,24,30-31,38-39H2. The molecule has 3 atom stereocenters. The van der Waals surface area contributed by atoms with Crippen molar-refractivity contribution in [3.05, 3.63) is 233 Å². The largest absolute Gasteiger partial charge is 0.310 e. The molecule has 4 aliphatic carbocycles. The molecule has 296 valence electrons. The number of nitrogens with zero attached hydrogens (tertiary/aromatic N) is 1. The molecule has 1 heteroatoms. The Hall–Kier alpha value is -6.44. The fourth-order valence-electron chi connectivity index (χ4n) is 12.4. The van der Waals surface area contributed by atoms with E-state index in [1.807, 2.05) is 0 Å². The van der Waals surface area contributed by atoms with Crippen LogP contribution in [-0.2, 0) is 18.3 Å². The summed E-state index contributed by atoms with van der Waals surface area (Å²) in [7, 11) is 0. The molecule has 0 amide bonds. The molecule has 0 N–H and O–H groups in total. The van der Waals surface area contributed by atoms with E-state index in [0.29, 0.717) is 5.92 Å². The molecule has 8 aromatic rings. The van der Waals surface area contributed by atoms with E-state index in [2.05, 4.69) is 199 Å². The van der Waals surface area contributed by atoms with Crippen LogP contribution in [0, 0.1) is 11.8 Å². The van der Waals surface area contributed by atoms with Gasteiger partial charge in [0, 0.05) is 17.1 Å². The fraction of sp³-hybridized carbons (Fsp3) is 0.200. The molecular weight excluding hydrogens is 735 g/mol. The zero-order valence-corrected chi connectivity index (χ0v) is 34.8. The number of hydrogen-bond donors (Lipinski definition) is 0. The number of rotatable bonds is 8. The normalized spacial score (nSPS) is 19.2. The van der Waals surface area contributed by atoms with Crippen LogP contribution in [0.2, 0.25) is 0 Å². The number of hydrogen-bond acceptors (Lipinski definition) is 1. The topological polar surface area (TPSA) is 3.24 Å². The lowest BCUT2D eigenvalue weighted by Crippen LogP contribution is -2.28. The second-order valence-corrected chi connectivity index (χ2v) is 18.2. The molecule has 0 saturated heterocycles. The smallest absolute Gasteiger partial charge is 0.0714 e. The van der Waals surface area contributed by atoms with Crippen LogP contribution >= 0.6 is 0 Å². The molecule has 1 nitrogen and oxygen atoms in total. The minimum absolute atomic E-state index is 0.528. The lowest BCUT2D eigenvalue weighted by molar-refractivity contribution is 0.420. The van der Waals surface area contributed by atoms with E-state index in [9.17, 15) is 0 Å². The molecule has 3 unspecified atom stereocenters. The van der Waals surface area contributed by atoms with E-state index >= 15 is 0 Å². The molecule has 2 saturated carbocycles. The number of benzene rings is 8. The van der Waals surface area contributed by atoms with Crippen LogP contribution in [0.1, 0.15) is 83.4 Å². The predicted octanol–water partition coefficient (Wildman–Crippen LogP) is 15.6. The van der Waals surface area contributed by atoms with Crippen LogP contribution < -0.4 is 4.90 Å². The van der Waals surface area contributed by atoms with Gasteiger partial charge >= 0.3 is 0 Å². The molecule has 2 bridgehead atoms. The number of para-hydroxylation sites is 1. The summed E-state index contributed by atoms with van der Waals surface area (Å²) >= 11 is 0. The summed E-state index contributed by atoms with van der Waals surface area (Å²) in [6.45, 7) is 0. The van der Waals surface area contributed by atoms with Gasteiger partial charge < -0.3 is 4.90 Å². The Morgan fingerprint density at radius 2 is 1.11 bits per heavy atom. The summed E-state index contributed by atoms with van der Waals surface area (Å²) in [6.07, 6.45) is 10.4. The first kappa shape index (κ1) is 36.4. The molecule has 0 spiro atoms. The Labute approximate surface area is 361 Å². The van der Waals surface area contributed by atoms with Crippen LogP contribution in [0.15, 0.2) is 194 Å². The molecule has 0 heterocycles. The van der Waals surface area contributed by atoms with E-state index in [1.54, 1.807) is 5.56 Å². The molecule has 12 rings (SSSR count). The average molecular weight is 786 g/mol. The lowest BCUT2D eigenvalue weighted by Gasteiger charge is -2.35. The predicted molar refractivity (Wildman–Crippen MR) is 254 cm³/mol. The Morgan fingerprint density at radius 3 is 1.85 bits per heavy atom. The van der Waals surface area contributed by atoms with Crippen molar-refractivity contribution in [3.8, 4) is 33.4 Å². The zero-order valence-electron chi connectivity index (χ0n) is 34.8. The highest BCUT2D eigenvalue weighted by Gasteiger charge is 2.47. The third-order valence-electron chi connectivity index (χ3n) is 15.0. The van der Waals surface area contributed by atoms with Gasteiger partial charge in [0.2, 0.25) is 0 Å². The lowest BCUT2D eigenvalue weighted by atomic mass is 9.67. The second-order valence-electron chi connectivity index (χ2n) is 18.2. The van der Waals surface area contributed by atoms with Gasteiger partial charge in [0.15, 0.2) is 0 Å². The van der Waals surface area contributed by atoms with Gasteiger partial charge in [-0.3, -0.25) is 0 Å². The van der Waals surface area contributed by atoms with Crippen molar-refractivity contribution in [1.29, 1.82) is 0 Å². The maximum atomic E-state index is 2.60. The summed E-state index contributed by atoms with van der Waals surface area (Å²) in [5.74, 6) is 2.23. The third kappa shape index (κ3) is 5.88. The van der Waals surface area contributed by atoms with Gasteiger partial charge in [-0.25, -0.2) is 0 Å². The highest BCUT2D eigenvalue weighted by molar-refractivity contribution is 5.97. The Bertz CT molecular complexity index is 2830. The SMILES string of the molecule is c1ccc(-c2cccc3c2-c2ccc(N(c4ccc(-c5cccc6c5CCCC6)cc4)c4ccccc4C4CC5CCC4C5)cc2C3(c2ccccc2)c2ccccc2)cc1. The van der Waals surface area contributed by atoms with Crippen molar-refractivity contribution in [2.75, 3.05) is 4.90 Å². The van der Waals surface area contributed by atoms with Crippen LogP contribution in [0.4, 0.5) is 17.1 Å². The minimum atomic E-state index is -0.528. The molecule has 0 aliphatic heterocycles. The van der Waals surface area contributed by atoms with Gasteiger partial charge in [-0.1, -0.05) is 170 Å². The highest BCUT2D eigenvalue weighted by atomic mass is 15.1. The summed E-state index contributed by atoms with van der Waals surface area (Å²) < 4.78 is 0. The summed E-state index contributed by atoms with van der Waals surface area (Å²) in [6, 6.07) is 73.8. The van der Waals surface area contributed by atoms with E-state index in [0.717, 1.165) is 11.8 Å². The third-order valence-corrected chi connectivity index (χ3v) is 15.0. The first-order valence-corrected chi connectivity index (χ1v) is 22.8. The van der Waals surface area contributed by atoms with Gasteiger partial charge in [0.25, 0.3) is 0 Å². The number of anilines is 3. The molecule has 4 aliphatic rings. The molecule has 61 heavy (non-hydrogen) atoms. The average Bonchev–Trinajstić information content (AvgIpc) is 4.06. The van der Waals surface area contributed by atoms with Crippen LogP contribution in [0.3, 0.4) is 0 Å². The van der Waals surface area contributed by atoms with Gasteiger partial charge in [-0.15, -0.1) is 0 Å². The van der Waals surface area contributed by atoms with Crippen molar-refractivity contribution in [2.24, 2.45) is 11.8 Å². The van der Waals surface area contributed by atoms with Crippen molar-refractivity contribution in [1.82, 2.24) is 0 Å². The molecule has 0 aromatic heterocycles. The van der Waals surface area contributed by atoms with Gasteiger partial charge in [-0.05, 0) is 165 Å². The quantitative estimate of drug-likeness (QED) is 0.148. The van der Waals surface area contributed by atoms with Crippen molar-refractivity contribution in [3.63, 3.8) is 0 Å². The molecule has 2 fully saturated rings. The number of aryl methyl sites for hydroxylation is 1. The minimum Gasteiger partial charge on any atom is -0.310 e. The fourth-order valence-corrected chi connectivity index (χ4v) is 12.4. The molecule has 8 aromatic carbocycles. The summed E-state index contributed by atoms with van der Waals surface area (Å²) in [5.41, 5.74) is 20.9. The second kappa shape index (κ2) is 14.9. The number of fused-ring (bicyclic) bond motifs is 6.